The molecule has 3 aliphatic rings. The number of ether oxygens (including phenoxy) is 1. The Hall–Kier alpha value is -5.87. The maximum absolute atomic E-state index is 11.8. The fourth-order valence-electron chi connectivity index (χ4n) is 5.81. The molecule has 0 saturated carbocycles. The van der Waals surface area contributed by atoms with Gasteiger partial charge in [-0.05, 0) is 98.7 Å². The van der Waals surface area contributed by atoms with Crippen LogP contribution < -0.4 is 47.9 Å². The second-order valence-corrected chi connectivity index (χ2v) is 22.3. The number of ketones is 2. The van der Waals surface area contributed by atoms with Gasteiger partial charge >= 0.3 is 12.1 Å². The number of nitrogens with two attached hydrogens (primary N) is 3. The van der Waals surface area contributed by atoms with Gasteiger partial charge in [0.1, 0.15) is 18.2 Å². The second-order valence-electron chi connectivity index (χ2n) is 21.0. The van der Waals surface area contributed by atoms with E-state index in [1.54, 1.807) is 25.8 Å². The van der Waals surface area contributed by atoms with Gasteiger partial charge in [-0.3, -0.25) is 62.4 Å². The molecule has 29 nitrogen and oxygen atoms in total. The fraction of sp³-hybridized carbons (Fsp3) is 0.732. The molecule has 0 spiro atoms. The van der Waals surface area contributed by atoms with E-state index in [1.807, 2.05) is 82.5 Å². The summed E-state index contributed by atoms with van der Waals surface area (Å²) in [4.78, 5) is 158. The van der Waals surface area contributed by atoms with E-state index >= 15 is 0 Å². The van der Waals surface area contributed by atoms with E-state index < -0.39 is 35.7 Å². The molecular weight excluding hydrogens is 1210 g/mol. The first-order chi connectivity index (χ1) is 41.1. The zero-order valence-corrected chi connectivity index (χ0v) is 56.8. The topological polar surface area (TPSA) is 422 Å². The van der Waals surface area contributed by atoms with E-state index in [2.05, 4.69) is 65.2 Å². The average Bonchev–Trinajstić information content (AvgIpc) is 3.42. The molecule has 0 aliphatic carbocycles. The van der Waals surface area contributed by atoms with Gasteiger partial charge in [-0.15, -0.1) is 10.1 Å². The molecule has 0 radical (unpaired) electrons. The smallest absolute Gasteiger partial charge is 0.381 e. The third kappa shape index (κ3) is 63.2. The van der Waals surface area contributed by atoms with Crippen LogP contribution in [0.1, 0.15) is 186 Å². The van der Waals surface area contributed by atoms with E-state index in [0.717, 1.165) is 4.90 Å². The van der Waals surface area contributed by atoms with Crippen molar-refractivity contribution in [1.29, 1.82) is 0 Å². The number of imide groups is 3. The molecule has 10 amide bonds. The summed E-state index contributed by atoms with van der Waals surface area (Å²) >= 11 is 9.36. The van der Waals surface area contributed by atoms with Gasteiger partial charge in [0.15, 0.2) is 0 Å². The molecule has 0 bridgehead atoms. The van der Waals surface area contributed by atoms with Crippen molar-refractivity contribution in [2.75, 3.05) is 46.3 Å². The van der Waals surface area contributed by atoms with E-state index in [-0.39, 0.29) is 130 Å². The highest BCUT2D eigenvalue weighted by molar-refractivity contribution is 7.96. The molecule has 508 valence electrons. The molecule has 0 aromatic carbocycles. The van der Waals surface area contributed by atoms with Crippen molar-refractivity contribution in [3.63, 3.8) is 0 Å². The Balaban J connectivity index is -0.000000348. The summed E-state index contributed by atoms with van der Waals surface area (Å²) in [6, 6.07) is 1.09. The Kier molecular flexibility index (Phi) is 60.7. The number of Topliss-reactive ketones (excluding diaryl/α,β-unsaturated/α-hetero) is 2. The van der Waals surface area contributed by atoms with Crippen LogP contribution in [0.5, 0.6) is 0 Å². The summed E-state index contributed by atoms with van der Waals surface area (Å²) in [5, 5.41) is 11.6. The van der Waals surface area contributed by atoms with Gasteiger partial charge in [0.05, 0.1) is 6.42 Å². The highest BCUT2D eigenvalue weighted by Gasteiger charge is 2.34. The van der Waals surface area contributed by atoms with Crippen LogP contribution >= 0.6 is 24.8 Å². The summed E-state index contributed by atoms with van der Waals surface area (Å²) in [6.07, 6.45) is 7.58. The Morgan fingerprint density at radius 2 is 0.955 bits per heavy atom. The lowest BCUT2D eigenvalue weighted by atomic mass is 10.1. The Morgan fingerprint density at radius 1 is 0.568 bits per heavy atom. The Labute approximate surface area is 536 Å². The van der Waals surface area contributed by atoms with Crippen molar-refractivity contribution < 1.29 is 76.7 Å². The molecule has 2 saturated heterocycles. The number of hydrogen-bond acceptors (Lipinski definition) is 25. The number of hydrogen-bond donors (Lipinski definition) is 10. The summed E-state index contributed by atoms with van der Waals surface area (Å²) in [5.41, 5.74) is 15.3. The minimum Gasteiger partial charge on any atom is -0.381 e. The van der Waals surface area contributed by atoms with Crippen LogP contribution in [0.25, 0.3) is 0 Å². The molecule has 0 atom stereocenters. The molecule has 3 rings (SSSR count). The molecular formula is C56H105N13O16S3. The van der Waals surface area contributed by atoms with Crippen molar-refractivity contribution in [3.05, 3.63) is 12.2 Å². The monoisotopic (exact) mass is 1310 g/mol. The summed E-state index contributed by atoms with van der Waals surface area (Å²) in [5.74, 6) is -4.07. The van der Waals surface area contributed by atoms with Crippen molar-refractivity contribution in [2.45, 2.75) is 222 Å². The van der Waals surface area contributed by atoms with E-state index in [9.17, 15) is 62.3 Å². The first-order valence-electron chi connectivity index (χ1n) is 29.2. The van der Waals surface area contributed by atoms with Gasteiger partial charge in [-0.1, -0.05) is 66.3 Å². The SMILES string of the molecule is CC(C)N.CC(C)N.CC(C)N.CC(C)NC(=O)CCC(=O)CCCOCCCC(=O)CCC(=O)ON1C(=O)CCC1=O.CC(C)NC(=O)CCCCNC(=O)CCN1C(=O)C=CC1=O.CC(C)NC(=O)ON1C(=O)CCC1=O.CNSC.S=NCNS. The third-order valence-electron chi connectivity index (χ3n) is 9.37. The number of carbonyl (C=O) groups is 13. The number of thiol groups is 1. The first-order valence-corrected chi connectivity index (χ1v) is 31.2. The molecule has 88 heavy (non-hydrogen) atoms. The van der Waals surface area contributed by atoms with E-state index in [0.29, 0.717) is 93.2 Å². The molecule has 3 heterocycles. The number of hydroxylamine groups is 4. The number of carbonyl (C=O) groups excluding carboxylic acids is 13. The normalized spacial score (nSPS) is 12.8. The standard InChI is InChI=1S/C21H32N2O8.C15H23N3O4.C8H12N2O4.3C3H9N.C2H7NS.CH4N2S2/c1-15(2)22-18(26)9-7-16(24)5-3-13-30-14-4-6-17(25)8-12-21(29)31-23-19(27)10-11-20(23)28;1-11(2)17-13(20)5-3-4-9-16-12(19)8-10-18-14(21)6-7-15(18)22;1-5(2)9-8(13)14-10-6(11)3-4-7(10)12;3*1-3(2)4;1-3-4-2;4-2-1-3-5/h15H,3-14H2,1-2H3,(H,22,26);6-7,11H,3-5,8-10H2,1-2H3,(H,16,19)(H,17,20);5H,3-4H2,1-2H3,(H,9,13);3*3H,4H2,1-2H3;3H,1-2H3;2,4H,1H2. The molecule has 0 aromatic heterocycles. The van der Waals surface area contributed by atoms with Crippen molar-refractivity contribution >= 4 is 114 Å². The van der Waals surface area contributed by atoms with Crippen LogP contribution in [-0.2, 0) is 84.4 Å². The average molecular weight is 1310 g/mol. The van der Waals surface area contributed by atoms with Gasteiger partial charge in [-0.2, -0.15) is 0 Å². The maximum Gasteiger partial charge on any atom is 0.432 e. The molecule has 32 heteroatoms. The van der Waals surface area contributed by atoms with Crippen molar-refractivity contribution in [2.24, 2.45) is 21.6 Å². The van der Waals surface area contributed by atoms with E-state index in [4.69, 9.17) is 26.8 Å². The maximum atomic E-state index is 11.8. The second kappa shape index (κ2) is 58.8. The summed E-state index contributed by atoms with van der Waals surface area (Å²) < 4.78 is 13.9. The predicted octanol–water partition coefficient (Wildman–Crippen LogP) is 3.34. The van der Waals surface area contributed by atoms with Crippen molar-refractivity contribution in [3.8, 4) is 0 Å². The Morgan fingerprint density at radius 3 is 1.32 bits per heavy atom. The molecule has 12 N–H and O–H groups in total. The first kappa shape index (κ1) is 90.9. The van der Waals surface area contributed by atoms with Crippen LogP contribution in [0.15, 0.2) is 16.5 Å². The molecule has 0 unspecified atom stereocenters. The lowest BCUT2D eigenvalue weighted by molar-refractivity contribution is -0.197. The van der Waals surface area contributed by atoms with Crippen LogP contribution in [0.4, 0.5) is 4.79 Å². The quantitative estimate of drug-likeness (QED) is 0.0213. The fourth-order valence-corrected chi connectivity index (χ4v) is 6.04. The summed E-state index contributed by atoms with van der Waals surface area (Å²) in [6.45, 7) is 24.5. The van der Waals surface area contributed by atoms with Gasteiger partial charge in [-0.25, -0.2) is 18.7 Å². The highest BCUT2D eigenvalue weighted by Crippen LogP contribution is 2.14. The van der Waals surface area contributed by atoms with Crippen LogP contribution in [-0.4, -0.2) is 174 Å². The summed E-state index contributed by atoms with van der Waals surface area (Å²) in [7, 11) is 1.89. The third-order valence-corrected chi connectivity index (χ3v) is 10.0. The van der Waals surface area contributed by atoms with E-state index in [1.165, 1.54) is 12.2 Å². The zero-order chi connectivity index (χ0) is 68.7. The minimum atomic E-state index is -0.792. The van der Waals surface area contributed by atoms with Crippen LogP contribution in [0, 0.1) is 0 Å². The van der Waals surface area contributed by atoms with Crippen LogP contribution in [0.2, 0.25) is 0 Å². The highest BCUT2D eigenvalue weighted by atomic mass is 32.2. The van der Waals surface area contributed by atoms with Gasteiger partial charge in [0.25, 0.3) is 35.4 Å². The van der Waals surface area contributed by atoms with Gasteiger partial charge < -0.3 is 52.9 Å². The Bertz CT molecular complexity index is 2050. The van der Waals surface area contributed by atoms with Crippen molar-refractivity contribution in [1.82, 2.24) is 45.7 Å². The number of nitrogens with zero attached hydrogens (tertiary/aromatic N) is 4. The minimum absolute atomic E-state index is 0.0138. The van der Waals surface area contributed by atoms with Crippen LogP contribution in [0.3, 0.4) is 0 Å². The number of nitrogens with one attached hydrogen (secondary N) is 6. The van der Waals surface area contributed by atoms with Gasteiger partial charge in [0.2, 0.25) is 17.7 Å². The lowest BCUT2D eigenvalue weighted by Crippen LogP contribution is -2.39. The number of rotatable bonds is 30. The largest absolute Gasteiger partial charge is 0.432 e. The zero-order valence-electron chi connectivity index (χ0n) is 54.3. The lowest BCUT2D eigenvalue weighted by Gasteiger charge is -2.14. The number of amides is 10. The molecule has 3 aliphatic heterocycles. The van der Waals surface area contributed by atoms with Gasteiger partial charge in [0, 0.05) is 140 Å². The molecule has 2 fully saturated rings. The predicted molar refractivity (Wildman–Crippen MR) is 342 cm³/mol. The molecule has 0 aromatic rings. The number of unbranched alkanes of at least 4 members (excludes halogenated alkanes) is 1.